The fourth-order valence-electron chi connectivity index (χ4n) is 7.32. The summed E-state index contributed by atoms with van der Waals surface area (Å²) >= 11 is 1.83. The second kappa shape index (κ2) is 9.89. The van der Waals surface area contributed by atoms with Gasteiger partial charge < -0.3 is 9.13 Å². The minimum absolute atomic E-state index is 0.623. The van der Waals surface area contributed by atoms with Gasteiger partial charge in [-0.3, -0.25) is 4.98 Å². The van der Waals surface area contributed by atoms with Crippen LogP contribution in [0.1, 0.15) is 5.56 Å². The highest BCUT2D eigenvalue weighted by atomic mass is 32.1. The number of benzene rings is 6. The first-order valence-corrected chi connectivity index (χ1v) is 16.4. The van der Waals surface area contributed by atoms with Crippen molar-refractivity contribution in [2.24, 2.45) is 0 Å². The van der Waals surface area contributed by atoms with Gasteiger partial charge in [-0.2, -0.15) is 5.26 Å². The van der Waals surface area contributed by atoms with E-state index in [1.807, 2.05) is 35.7 Å². The van der Waals surface area contributed by atoms with Gasteiger partial charge in [-0.05, 0) is 83.9 Å². The first-order valence-electron chi connectivity index (χ1n) is 15.6. The maximum atomic E-state index is 10.2. The molecule has 0 bridgehead atoms. The molecule has 0 unspecified atom stereocenters. The van der Waals surface area contributed by atoms with Crippen LogP contribution in [0.3, 0.4) is 0 Å². The summed E-state index contributed by atoms with van der Waals surface area (Å²) in [7, 11) is 0. The Kier molecular flexibility index (Phi) is 5.48. The summed E-state index contributed by atoms with van der Waals surface area (Å²) in [6, 6.07) is 51.6. The number of nitriles is 1. The SMILES string of the molecule is N#Cc1cc(-c2cccc(-n3c4cc5c(cc4c4ncccc43)sc3ccccc35)c2)cc(-n2c3ccccc3c3ccccc32)c1. The number of hydrogen-bond donors (Lipinski definition) is 0. The second-order valence-electron chi connectivity index (χ2n) is 12.0. The van der Waals surface area contributed by atoms with Crippen LogP contribution in [-0.4, -0.2) is 14.1 Å². The summed E-state index contributed by atoms with van der Waals surface area (Å²) in [4.78, 5) is 4.85. The fourth-order valence-corrected chi connectivity index (χ4v) is 8.45. The van der Waals surface area contributed by atoms with Crippen molar-refractivity contribution < 1.29 is 0 Å². The summed E-state index contributed by atoms with van der Waals surface area (Å²) in [6.07, 6.45) is 1.88. The average molecular weight is 617 g/mol. The summed E-state index contributed by atoms with van der Waals surface area (Å²) < 4.78 is 7.16. The molecule has 10 aromatic rings. The summed E-state index contributed by atoms with van der Waals surface area (Å²) in [5.41, 5.74) is 10.1. The van der Waals surface area contributed by atoms with E-state index in [1.54, 1.807) is 0 Å². The third-order valence-electron chi connectivity index (χ3n) is 9.34. The molecule has 5 heteroatoms. The Bertz CT molecular complexity index is 2880. The molecule has 0 radical (unpaired) electrons. The molecule has 0 aliphatic rings. The number of aromatic nitrogens is 3. The summed E-state index contributed by atoms with van der Waals surface area (Å²) in [5, 5.41) is 16.2. The smallest absolute Gasteiger partial charge is 0.0992 e. The molecule has 4 aromatic heterocycles. The molecule has 4 heterocycles. The van der Waals surface area contributed by atoms with Gasteiger partial charge in [0.1, 0.15) is 0 Å². The number of rotatable bonds is 3. The standard InChI is InChI=1S/C42H24N4S/c43-25-26-19-28(22-30(20-26)46-36-14-4-1-11-31(36)32-12-2-5-15-37(32)46)27-9-7-10-29(21-27)45-38-16-8-18-44-42(38)35-24-41-34(23-39(35)45)33-13-3-6-17-40(33)47-41/h1-24H. The molecule has 0 spiro atoms. The Balaban J connectivity index is 1.20. The van der Waals surface area contributed by atoms with Gasteiger partial charge in [0.25, 0.3) is 0 Å². The molecule has 0 amide bonds. The first-order chi connectivity index (χ1) is 23.2. The quantitative estimate of drug-likeness (QED) is 0.198. The Morgan fingerprint density at radius 3 is 2.00 bits per heavy atom. The van der Waals surface area contributed by atoms with E-state index < -0.39 is 0 Å². The molecule has 6 aromatic carbocycles. The van der Waals surface area contributed by atoms with Crippen LogP contribution in [0.5, 0.6) is 0 Å². The third-order valence-corrected chi connectivity index (χ3v) is 10.5. The van der Waals surface area contributed by atoms with Crippen molar-refractivity contribution >= 4 is 75.3 Å². The lowest BCUT2D eigenvalue weighted by molar-refractivity contribution is 1.17. The van der Waals surface area contributed by atoms with Crippen LogP contribution in [0.15, 0.2) is 146 Å². The average Bonchev–Trinajstić information content (AvgIpc) is 3.78. The largest absolute Gasteiger partial charge is 0.309 e. The monoisotopic (exact) mass is 616 g/mol. The zero-order valence-electron chi connectivity index (χ0n) is 25.1. The molecule has 10 rings (SSSR count). The van der Waals surface area contributed by atoms with E-state index >= 15 is 0 Å². The summed E-state index contributed by atoms with van der Waals surface area (Å²) in [6.45, 7) is 0. The van der Waals surface area contributed by atoms with Crippen LogP contribution in [-0.2, 0) is 0 Å². The molecule has 0 saturated heterocycles. The Morgan fingerprint density at radius 2 is 1.19 bits per heavy atom. The van der Waals surface area contributed by atoms with Gasteiger partial charge in [0, 0.05) is 53.9 Å². The van der Waals surface area contributed by atoms with Crippen LogP contribution < -0.4 is 0 Å². The molecule has 4 nitrogen and oxygen atoms in total. The van der Waals surface area contributed by atoms with Crippen LogP contribution in [0, 0.1) is 11.3 Å². The topological polar surface area (TPSA) is 46.5 Å². The minimum atomic E-state index is 0.623. The zero-order valence-corrected chi connectivity index (χ0v) is 25.9. The second-order valence-corrected chi connectivity index (χ2v) is 13.1. The van der Waals surface area contributed by atoms with E-state index in [-0.39, 0.29) is 0 Å². The molecule has 0 fully saturated rings. The maximum Gasteiger partial charge on any atom is 0.0992 e. The van der Waals surface area contributed by atoms with E-state index in [0.717, 1.165) is 55.5 Å². The highest BCUT2D eigenvalue weighted by Crippen LogP contribution is 2.41. The van der Waals surface area contributed by atoms with E-state index in [0.29, 0.717) is 5.56 Å². The van der Waals surface area contributed by atoms with Crippen LogP contribution in [0.4, 0.5) is 0 Å². The van der Waals surface area contributed by atoms with E-state index in [1.165, 1.54) is 30.9 Å². The molecular formula is C42H24N4S. The van der Waals surface area contributed by atoms with Crippen molar-refractivity contribution in [1.82, 2.24) is 14.1 Å². The highest BCUT2D eigenvalue weighted by molar-refractivity contribution is 7.25. The zero-order chi connectivity index (χ0) is 31.1. The maximum absolute atomic E-state index is 10.2. The Morgan fingerprint density at radius 1 is 0.489 bits per heavy atom. The molecule has 47 heavy (non-hydrogen) atoms. The number of thiophene rings is 1. The predicted molar refractivity (Wildman–Crippen MR) is 196 cm³/mol. The van der Waals surface area contributed by atoms with Crippen molar-refractivity contribution in [3.63, 3.8) is 0 Å². The fraction of sp³-hybridized carbons (Fsp3) is 0. The van der Waals surface area contributed by atoms with Gasteiger partial charge in [0.2, 0.25) is 0 Å². The number of hydrogen-bond acceptors (Lipinski definition) is 3. The van der Waals surface area contributed by atoms with Gasteiger partial charge >= 0.3 is 0 Å². The number of nitrogens with zero attached hydrogens (tertiary/aromatic N) is 4. The van der Waals surface area contributed by atoms with Gasteiger partial charge in [0.15, 0.2) is 0 Å². The number of pyridine rings is 1. The highest BCUT2D eigenvalue weighted by Gasteiger charge is 2.18. The molecule has 0 atom stereocenters. The number of fused-ring (bicyclic) bond motifs is 9. The molecule has 218 valence electrons. The normalized spacial score (nSPS) is 11.8. The van der Waals surface area contributed by atoms with Crippen LogP contribution in [0.25, 0.3) is 86.4 Å². The van der Waals surface area contributed by atoms with Crippen molar-refractivity contribution in [3.8, 4) is 28.6 Å². The van der Waals surface area contributed by atoms with E-state index in [2.05, 4.69) is 137 Å². The van der Waals surface area contributed by atoms with Gasteiger partial charge in [-0.1, -0.05) is 66.7 Å². The third kappa shape index (κ3) is 3.83. The lowest BCUT2D eigenvalue weighted by Gasteiger charge is -2.13. The molecular weight excluding hydrogens is 593 g/mol. The van der Waals surface area contributed by atoms with Crippen molar-refractivity contribution in [1.29, 1.82) is 5.26 Å². The Hall–Kier alpha value is -6.22. The van der Waals surface area contributed by atoms with Gasteiger partial charge in [-0.15, -0.1) is 11.3 Å². The molecule has 0 N–H and O–H groups in total. The van der Waals surface area contributed by atoms with E-state index in [9.17, 15) is 5.26 Å². The van der Waals surface area contributed by atoms with Gasteiger partial charge in [0.05, 0.1) is 39.2 Å². The van der Waals surface area contributed by atoms with Crippen LogP contribution in [0.2, 0.25) is 0 Å². The van der Waals surface area contributed by atoms with Crippen molar-refractivity contribution in [2.75, 3.05) is 0 Å². The Labute approximate surface area is 273 Å². The van der Waals surface area contributed by atoms with Gasteiger partial charge in [-0.25, -0.2) is 0 Å². The predicted octanol–water partition coefficient (Wildman–Crippen LogP) is 11.2. The van der Waals surface area contributed by atoms with Crippen LogP contribution >= 0.6 is 11.3 Å². The summed E-state index contributed by atoms with van der Waals surface area (Å²) in [5.74, 6) is 0. The van der Waals surface area contributed by atoms with Crippen molar-refractivity contribution in [3.05, 3.63) is 151 Å². The molecule has 0 saturated carbocycles. The molecule has 0 aliphatic heterocycles. The molecule has 0 aliphatic carbocycles. The first kappa shape index (κ1) is 26.0. The van der Waals surface area contributed by atoms with E-state index in [4.69, 9.17) is 4.98 Å². The lowest BCUT2D eigenvalue weighted by atomic mass is 10.0. The minimum Gasteiger partial charge on any atom is -0.309 e. The number of para-hydroxylation sites is 2. The lowest BCUT2D eigenvalue weighted by Crippen LogP contribution is -1.97. The van der Waals surface area contributed by atoms with Crippen molar-refractivity contribution in [2.45, 2.75) is 0 Å².